The second-order valence-electron chi connectivity index (χ2n) is 7.97. The zero-order valence-corrected chi connectivity index (χ0v) is 17.3. The Morgan fingerprint density at radius 2 is 1.78 bits per heavy atom. The van der Waals surface area contributed by atoms with Crippen molar-refractivity contribution in [3.05, 3.63) is 34.2 Å². The molecule has 27 heavy (non-hydrogen) atoms. The summed E-state index contributed by atoms with van der Waals surface area (Å²) in [6.45, 7) is 7.18. The van der Waals surface area contributed by atoms with Gasteiger partial charge in [0.05, 0.1) is 17.1 Å². The molecule has 2 aromatic rings. The van der Waals surface area contributed by atoms with Gasteiger partial charge in [0.15, 0.2) is 0 Å². The third-order valence-electron chi connectivity index (χ3n) is 6.30. The SMILES string of the molecule is CCOC1CCC(N2CCC(n3c(=O)[nH]c4cc(C)ccc43)CC2)CC1.Cl. The maximum absolute atomic E-state index is 12.5. The predicted octanol–water partition coefficient (Wildman–Crippen LogP) is 4.04. The molecular formula is C21H32ClN3O2. The molecule has 1 aromatic carbocycles. The lowest BCUT2D eigenvalue weighted by atomic mass is 9.90. The van der Waals surface area contributed by atoms with Gasteiger partial charge < -0.3 is 14.6 Å². The monoisotopic (exact) mass is 393 g/mol. The van der Waals surface area contributed by atoms with Crippen LogP contribution in [0.1, 0.15) is 57.1 Å². The molecule has 2 fully saturated rings. The van der Waals surface area contributed by atoms with Crippen molar-refractivity contribution in [3.63, 3.8) is 0 Å². The number of aryl methyl sites for hydroxylation is 1. The summed E-state index contributed by atoms with van der Waals surface area (Å²) in [4.78, 5) is 18.2. The molecule has 0 radical (unpaired) electrons. The Morgan fingerprint density at radius 1 is 1.07 bits per heavy atom. The van der Waals surface area contributed by atoms with E-state index in [4.69, 9.17) is 4.74 Å². The van der Waals surface area contributed by atoms with Gasteiger partial charge >= 0.3 is 5.69 Å². The minimum atomic E-state index is 0. The molecule has 1 aromatic heterocycles. The largest absolute Gasteiger partial charge is 0.379 e. The zero-order valence-electron chi connectivity index (χ0n) is 16.4. The molecule has 1 saturated carbocycles. The van der Waals surface area contributed by atoms with E-state index in [9.17, 15) is 4.79 Å². The summed E-state index contributed by atoms with van der Waals surface area (Å²) >= 11 is 0. The Balaban J connectivity index is 0.00000210. The number of rotatable bonds is 4. The number of ether oxygens (including phenoxy) is 1. The van der Waals surface area contributed by atoms with Crippen LogP contribution in [-0.4, -0.2) is 46.3 Å². The fourth-order valence-corrected chi connectivity index (χ4v) is 4.93. The van der Waals surface area contributed by atoms with Crippen molar-refractivity contribution >= 4 is 23.4 Å². The van der Waals surface area contributed by atoms with Crippen LogP contribution in [-0.2, 0) is 4.74 Å². The van der Waals surface area contributed by atoms with Crippen LogP contribution in [0, 0.1) is 6.92 Å². The van der Waals surface area contributed by atoms with E-state index in [0.29, 0.717) is 18.2 Å². The van der Waals surface area contributed by atoms with Gasteiger partial charge in [-0.3, -0.25) is 4.57 Å². The maximum atomic E-state index is 12.5. The van der Waals surface area contributed by atoms with Crippen LogP contribution in [0.15, 0.2) is 23.0 Å². The molecule has 1 saturated heterocycles. The molecule has 2 aliphatic rings. The number of aromatic nitrogens is 2. The molecule has 5 nitrogen and oxygen atoms in total. The number of aromatic amines is 1. The highest BCUT2D eigenvalue weighted by Crippen LogP contribution is 2.31. The molecular weight excluding hydrogens is 362 g/mol. The quantitative estimate of drug-likeness (QED) is 0.852. The van der Waals surface area contributed by atoms with Gasteiger partial charge in [0.1, 0.15) is 0 Å². The average Bonchev–Trinajstić information content (AvgIpc) is 2.97. The number of hydrogen-bond donors (Lipinski definition) is 1. The Bertz CT molecular complexity index is 799. The summed E-state index contributed by atoms with van der Waals surface area (Å²) in [5.74, 6) is 0. The standard InChI is InChI=1S/C21H31N3O2.ClH/c1-3-26-18-7-5-16(6-8-18)23-12-10-17(11-13-23)24-20-9-4-15(2)14-19(20)22-21(24)25;/h4,9,14,16-18H,3,5-8,10-13H2,1-2H3,(H,22,25);1H. The first-order chi connectivity index (χ1) is 12.7. The van der Waals surface area contributed by atoms with Crippen LogP contribution in [0.2, 0.25) is 0 Å². The van der Waals surface area contributed by atoms with Crippen LogP contribution in [0.25, 0.3) is 11.0 Å². The summed E-state index contributed by atoms with van der Waals surface area (Å²) < 4.78 is 7.78. The van der Waals surface area contributed by atoms with Crippen molar-refractivity contribution in [2.75, 3.05) is 19.7 Å². The number of imidazole rings is 1. The summed E-state index contributed by atoms with van der Waals surface area (Å²) in [6, 6.07) is 7.27. The highest BCUT2D eigenvalue weighted by molar-refractivity contribution is 5.85. The molecule has 4 rings (SSSR count). The number of hydrogen-bond acceptors (Lipinski definition) is 3. The highest BCUT2D eigenvalue weighted by atomic mass is 35.5. The summed E-state index contributed by atoms with van der Waals surface area (Å²) in [6.07, 6.45) is 7.49. The van der Waals surface area contributed by atoms with Crippen molar-refractivity contribution in [1.82, 2.24) is 14.5 Å². The highest BCUT2D eigenvalue weighted by Gasteiger charge is 2.30. The first-order valence-corrected chi connectivity index (χ1v) is 10.2. The summed E-state index contributed by atoms with van der Waals surface area (Å²) in [5.41, 5.74) is 3.24. The summed E-state index contributed by atoms with van der Waals surface area (Å²) in [7, 11) is 0. The third-order valence-corrected chi connectivity index (χ3v) is 6.30. The number of fused-ring (bicyclic) bond motifs is 1. The van der Waals surface area contributed by atoms with E-state index in [-0.39, 0.29) is 18.1 Å². The smallest absolute Gasteiger partial charge is 0.326 e. The zero-order chi connectivity index (χ0) is 18.1. The lowest BCUT2D eigenvalue weighted by molar-refractivity contribution is 0.00796. The lowest BCUT2D eigenvalue weighted by Gasteiger charge is -2.40. The predicted molar refractivity (Wildman–Crippen MR) is 112 cm³/mol. The van der Waals surface area contributed by atoms with Crippen molar-refractivity contribution in [2.24, 2.45) is 0 Å². The van der Waals surface area contributed by atoms with Gasteiger partial charge in [0.25, 0.3) is 0 Å². The van der Waals surface area contributed by atoms with Gasteiger partial charge in [-0.2, -0.15) is 0 Å². The molecule has 0 amide bonds. The molecule has 6 heteroatoms. The van der Waals surface area contributed by atoms with Gasteiger partial charge in [0.2, 0.25) is 0 Å². The molecule has 1 aliphatic carbocycles. The van der Waals surface area contributed by atoms with Gasteiger partial charge in [-0.05, 0) is 70.1 Å². The van der Waals surface area contributed by atoms with E-state index in [0.717, 1.165) is 43.6 Å². The fourth-order valence-electron chi connectivity index (χ4n) is 4.93. The Morgan fingerprint density at radius 3 is 2.44 bits per heavy atom. The second kappa shape index (κ2) is 8.80. The third kappa shape index (κ3) is 4.25. The van der Waals surface area contributed by atoms with Crippen LogP contribution >= 0.6 is 12.4 Å². The number of benzene rings is 1. The van der Waals surface area contributed by atoms with Crippen molar-refractivity contribution in [1.29, 1.82) is 0 Å². The number of nitrogens with one attached hydrogen (secondary N) is 1. The maximum Gasteiger partial charge on any atom is 0.326 e. The van der Waals surface area contributed by atoms with Gasteiger partial charge in [-0.25, -0.2) is 4.79 Å². The van der Waals surface area contributed by atoms with Gasteiger partial charge in [-0.15, -0.1) is 12.4 Å². The number of nitrogens with zero attached hydrogens (tertiary/aromatic N) is 2. The summed E-state index contributed by atoms with van der Waals surface area (Å²) in [5, 5.41) is 0. The molecule has 0 bridgehead atoms. The second-order valence-corrected chi connectivity index (χ2v) is 7.97. The minimum Gasteiger partial charge on any atom is -0.379 e. The van der Waals surface area contributed by atoms with Crippen LogP contribution in [0.5, 0.6) is 0 Å². The van der Waals surface area contributed by atoms with Crippen LogP contribution < -0.4 is 5.69 Å². The van der Waals surface area contributed by atoms with E-state index >= 15 is 0 Å². The molecule has 2 heterocycles. The minimum absolute atomic E-state index is 0. The number of H-pyrrole nitrogens is 1. The fraction of sp³-hybridized carbons (Fsp3) is 0.667. The number of likely N-dealkylation sites (tertiary alicyclic amines) is 1. The van der Waals surface area contributed by atoms with E-state index in [1.165, 1.54) is 31.2 Å². The molecule has 1 N–H and O–H groups in total. The Labute approximate surface area is 167 Å². The normalized spacial score (nSPS) is 24.8. The first-order valence-electron chi connectivity index (χ1n) is 10.2. The van der Waals surface area contributed by atoms with Crippen LogP contribution in [0.4, 0.5) is 0 Å². The van der Waals surface area contributed by atoms with Gasteiger partial charge in [-0.1, -0.05) is 6.07 Å². The van der Waals surface area contributed by atoms with Crippen molar-refractivity contribution in [3.8, 4) is 0 Å². The Hall–Kier alpha value is -1.30. The molecule has 1 aliphatic heterocycles. The van der Waals surface area contributed by atoms with E-state index < -0.39 is 0 Å². The topological polar surface area (TPSA) is 50.3 Å². The molecule has 150 valence electrons. The molecule has 0 atom stereocenters. The Kier molecular flexibility index (Phi) is 6.66. The van der Waals surface area contributed by atoms with Crippen molar-refractivity contribution < 1.29 is 4.74 Å². The van der Waals surface area contributed by atoms with E-state index in [2.05, 4.69) is 41.9 Å². The lowest BCUT2D eigenvalue weighted by Crippen LogP contribution is -2.45. The van der Waals surface area contributed by atoms with Gasteiger partial charge in [0, 0.05) is 31.8 Å². The van der Waals surface area contributed by atoms with E-state index in [1.54, 1.807) is 0 Å². The first kappa shape index (κ1) is 20.4. The van der Waals surface area contributed by atoms with Crippen molar-refractivity contribution in [2.45, 2.75) is 70.6 Å². The molecule has 0 unspecified atom stereocenters. The number of piperidine rings is 1. The van der Waals surface area contributed by atoms with E-state index in [1.807, 2.05) is 4.57 Å². The average molecular weight is 394 g/mol. The van der Waals surface area contributed by atoms with Crippen LogP contribution in [0.3, 0.4) is 0 Å². The molecule has 0 spiro atoms. The number of halogens is 1.